The molecule has 0 aromatic heterocycles. The van der Waals surface area contributed by atoms with Crippen LogP contribution in [0.15, 0.2) is 9.66 Å². The van der Waals surface area contributed by atoms with E-state index in [0.717, 1.165) is 19.3 Å². The van der Waals surface area contributed by atoms with Crippen LogP contribution in [0.1, 0.15) is 74.7 Å². The molecule has 0 amide bonds. The fourth-order valence-electron chi connectivity index (χ4n) is 3.25. The first kappa shape index (κ1) is 28.8. The van der Waals surface area contributed by atoms with E-state index in [2.05, 4.69) is 110 Å². The number of halogens is 1. The van der Waals surface area contributed by atoms with Crippen LogP contribution >= 0.6 is 22.6 Å². The first-order chi connectivity index (χ1) is 13.4. The third kappa shape index (κ3) is 8.29. The van der Waals surface area contributed by atoms with Crippen LogP contribution in [-0.4, -0.2) is 41.6 Å². The molecular weight excluding hydrogens is 519 g/mol. The summed E-state index contributed by atoms with van der Waals surface area (Å²) in [6.07, 6.45) is 5.97. The van der Waals surface area contributed by atoms with Crippen molar-refractivity contribution in [1.29, 1.82) is 0 Å². The van der Waals surface area contributed by atoms with Gasteiger partial charge in [-0.05, 0) is 94.5 Å². The molecular formula is C24H49IO3Si2. The Balaban J connectivity index is 3.00. The van der Waals surface area contributed by atoms with Crippen LogP contribution in [-0.2, 0) is 13.6 Å². The fourth-order valence-corrected chi connectivity index (χ4v) is 5.93. The number of allylic oxidation sites excluding steroid dienone is 2. The zero-order chi connectivity index (χ0) is 23.5. The fraction of sp³-hybridized carbons (Fsp3) is 0.917. The minimum atomic E-state index is -1.87. The highest BCUT2D eigenvalue weighted by atomic mass is 127. The molecule has 1 heterocycles. The van der Waals surface area contributed by atoms with Crippen molar-refractivity contribution in [2.45, 2.75) is 129 Å². The maximum absolute atomic E-state index is 6.90. The summed E-state index contributed by atoms with van der Waals surface area (Å²) < 4.78 is 21.6. The van der Waals surface area contributed by atoms with Gasteiger partial charge in [-0.15, -0.1) is 0 Å². The van der Waals surface area contributed by atoms with Gasteiger partial charge in [-0.25, -0.2) is 0 Å². The van der Waals surface area contributed by atoms with Crippen molar-refractivity contribution in [3.8, 4) is 0 Å². The monoisotopic (exact) mass is 568 g/mol. The molecule has 1 aliphatic heterocycles. The molecule has 0 aromatic carbocycles. The van der Waals surface area contributed by atoms with Crippen molar-refractivity contribution < 1.29 is 13.6 Å². The third-order valence-electron chi connectivity index (χ3n) is 7.55. The molecule has 6 heteroatoms. The summed E-state index contributed by atoms with van der Waals surface area (Å²) in [5.41, 5.74) is 0. The van der Waals surface area contributed by atoms with Crippen molar-refractivity contribution in [3.63, 3.8) is 0 Å². The van der Waals surface area contributed by atoms with E-state index in [9.17, 15) is 0 Å². The quantitative estimate of drug-likeness (QED) is 0.218. The van der Waals surface area contributed by atoms with Gasteiger partial charge in [-0.3, -0.25) is 0 Å². The van der Waals surface area contributed by atoms with Crippen molar-refractivity contribution in [3.05, 3.63) is 9.66 Å². The van der Waals surface area contributed by atoms with Crippen molar-refractivity contribution in [2.75, 3.05) is 6.61 Å². The Hall–Kier alpha value is 0.784. The van der Waals surface area contributed by atoms with Crippen molar-refractivity contribution in [1.82, 2.24) is 0 Å². The Morgan fingerprint density at radius 1 is 1.00 bits per heavy atom. The van der Waals surface area contributed by atoms with Gasteiger partial charge in [0.25, 0.3) is 0 Å². The van der Waals surface area contributed by atoms with E-state index in [0.29, 0.717) is 12.5 Å². The smallest absolute Gasteiger partial charge is 0.192 e. The molecule has 4 atom stereocenters. The molecule has 0 radical (unpaired) electrons. The lowest BCUT2D eigenvalue weighted by molar-refractivity contribution is -0.150. The molecule has 0 aliphatic carbocycles. The third-order valence-corrected chi connectivity index (χ3v) is 17.0. The molecule has 1 saturated heterocycles. The molecule has 3 nitrogen and oxygen atoms in total. The number of rotatable bonds is 8. The van der Waals surface area contributed by atoms with E-state index < -0.39 is 16.6 Å². The van der Waals surface area contributed by atoms with E-state index in [1.807, 2.05) is 0 Å². The summed E-state index contributed by atoms with van der Waals surface area (Å²) in [7, 11) is -3.70. The predicted molar refractivity (Wildman–Crippen MR) is 145 cm³/mol. The highest BCUT2D eigenvalue weighted by Crippen LogP contribution is 2.41. The Kier molecular flexibility index (Phi) is 10.4. The molecule has 178 valence electrons. The molecule has 0 N–H and O–H groups in total. The largest absolute Gasteiger partial charge is 0.414 e. The lowest BCUT2D eigenvalue weighted by Gasteiger charge is -2.47. The van der Waals surface area contributed by atoms with Gasteiger partial charge in [0.05, 0.1) is 18.8 Å². The van der Waals surface area contributed by atoms with Gasteiger partial charge in [0.1, 0.15) is 6.10 Å². The molecule has 1 fully saturated rings. The lowest BCUT2D eigenvalue weighted by atomic mass is 9.89. The molecule has 0 unspecified atom stereocenters. The van der Waals surface area contributed by atoms with Crippen LogP contribution in [0, 0.1) is 5.92 Å². The zero-order valence-corrected chi connectivity index (χ0v) is 26.0. The molecule has 0 saturated carbocycles. The van der Waals surface area contributed by atoms with Gasteiger partial charge in [0.2, 0.25) is 0 Å². The van der Waals surface area contributed by atoms with Gasteiger partial charge >= 0.3 is 0 Å². The second kappa shape index (κ2) is 10.8. The predicted octanol–water partition coefficient (Wildman–Crippen LogP) is 8.31. The summed E-state index contributed by atoms with van der Waals surface area (Å²) in [5, 5.41) is 0.396. The number of hydrogen-bond donors (Lipinski definition) is 0. The van der Waals surface area contributed by atoms with Crippen LogP contribution in [0.3, 0.4) is 0 Å². The first-order valence-corrected chi connectivity index (χ1v) is 18.6. The summed E-state index contributed by atoms with van der Waals surface area (Å²) in [5.74, 6) is 0.506. The molecule has 1 rings (SSSR count). The van der Waals surface area contributed by atoms with Crippen LogP contribution in [0.2, 0.25) is 36.3 Å². The van der Waals surface area contributed by atoms with E-state index in [-0.39, 0.29) is 28.4 Å². The minimum Gasteiger partial charge on any atom is -0.414 e. The maximum atomic E-state index is 6.90. The van der Waals surface area contributed by atoms with E-state index in [4.69, 9.17) is 13.6 Å². The van der Waals surface area contributed by atoms with Gasteiger partial charge in [-0.1, -0.05) is 54.5 Å². The number of ether oxygens (including phenoxy) is 1. The highest BCUT2D eigenvalue weighted by molar-refractivity contribution is 14.1. The Bertz CT molecular complexity index is 572. The molecule has 0 aromatic rings. The summed E-state index contributed by atoms with van der Waals surface area (Å²) in [4.78, 5) is 0. The zero-order valence-electron chi connectivity index (χ0n) is 21.8. The van der Waals surface area contributed by atoms with Crippen LogP contribution < -0.4 is 0 Å². The Morgan fingerprint density at radius 2 is 1.53 bits per heavy atom. The van der Waals surface area contributed by atoms with Gasteiger partial charge in [-0.2, -0.15) is 0 Å². The van der Waals surface area contributed by atoms with Crippen molar-refractivity contribution >= 4 is 39.2 Å². The summed E-state index contributed by atoms with van der Waals surface area (Å²) >= 11 is 2.39. The number of hydrogen-bond acceptors (Lipinski definition) is 3. The average molecular weight is 569 g/mol. The summed E-state index contributed by atoms with van der Waals surface area (Å²) in [6.45, 7) is 28.3. The van der Waals surface area contributed by atoms with Gasteiger partial charge in [0, 0.05) is 0 Å². The van der Waals surface area contributed by atoms with E-state index in [1.54, 1.807) is 0 Å². The molecule has 0 bridgehead atoms. The first-order valence-electron chi connectivity index (χ1n) is 11.7. The highest BCUT2D eigenvalue weighted by Gasteiger charge is 2.45. The van der Waals surface area contributed by atoms with E-state index >= 15 is 0 Å². The normalized spacial score (nSPS) is 27.4. The van der Waals surface area contributed by atoms with Gasteiger partial charge < -0.3 is 13.6 Å². The van der Waals surface area contributed by atoms with Crippen LogP contribution in [0.25, 0.3) is 0 Å². The van der Waals surface area contributed by atoms with Crippen molar-refractivity contribution in [2.24, 2.45) is 5.92 Å². The molecule has 30 heavy (non-hydrogen) atoms. The lowest BCUT2D eigenvalue weighted by Crippen LogP contribution is -2.54. The Labute approximate surface area is 203 Å². The second-order valence-corrected chi connectivity index (χ2v) is 23.5. The van der Waals surface area contributed by atoms with Crippen LogP contribution in [0.4, 0.5) is 0 Å². The second-order valence-electron chi connectivity index (χ2n) is 12.3. The average Bonchev–Trinajstić information content (AvgIpc) is 2.53. The minimum absolute atomic E-state index is 0.0270. The van der Waals surface area contributed by atoms with Crippen LogP contribution in [0.5, 0.6) is 0 Å². The molecule has 0 spiro atoms. The summed E-state index contributed by atoms with van der Waals surface area (Å²) in [6, 6.07) is 0. The Morgan fingerprint density at radius 3 is 2.00 bits per heavy atom. The maximum Gasteiger partial charge on any atom is 0.192 e. The standard InChI is InChI=1S/C24H49IO3Si2/c1-18-16-21(28-30(11,12)24(6,7)8)22(17-26-29(9,10)23(3,4)5)27-20(18)15-13-14-19(2)25/h14,18,20-22H,13,15-17H2,1-12H3/b19-14+/t18-,20-,21-,22+/m0/s1. The SMILES string of the molecule is C/C(I)=C\CC[C@@H]1O[C@H](CO[Si](C)(C)C(C)(C)C)[C@@H](O[Si](C)(C)C(C)(C)C)C[C@@H]1C. The van der Waals surface area contributed by atoms with Gasteiger partial charge in [0.15, 0.2) is 16.6 Å². The van der Waals surface area contributed by atoms with E-state index in [1.165, 1.54) is 3.58 Å². The topological polar surface area (TPSA) is 27.7 Å². The molecule has 1 aliphatic rings.